The van der Waals surface area contributed by atoms with Gasteiger partial charge in [-0.05, 0) is 24.7 Å². The summed E-state index contributed by atoms with van der Waals surface area (Å²) >= 11 is 0. The molecule has 0 aromatic rings. The SMILES string of the molecule is CN(CCC#N)C(=O)C1C2CCCCC21. The van der Waals surface area contributed by atoms with Crippen molar-refractivity contribution in [2.45, 2.75) is 32.1 Å². The summed E-state index contributed by atoms with van der Waals surface area (Å²) in [5.74, 6) is 1.94. The summed E-state index contributed by atoms with van der Waals surface area (Å²) in [4.78, 5) is 13.7. The molecule has 0 aromatic heterocycles. The van der Waals surface area contributed by atoms with Crippen LogP contribution in [0.25, 0.3) is 0 Å². The minimum absolute atomic E-state index is 0.280. The van der Waals surface area contributed by atoms with E-state index in [0.29, 0.717) is 30.7 Å². The van der Waals surface area contributed by atoms with Crippen LogP contribution in [-0.2, 0) is 4.79 Å². The smallest absolute Gasteiger partial charge is 0.226 e. The van der Waals surface area contributed by atoms with Crippen molar-refractivity contribution < 1.29 is 4.79 Å². The van der Waals surface area contributed by atoms with Crippen molar-refractivity contribution >= 4 is 5.91 Å². The largest absolute Gasteiger partial charge is 0.344 e. The molecule has 0 N–H and O–H groups in total. The zero-order chi connectivity index (χ0) is 10.8. The van der Waals surface area contributed by atoms with Crippen LogP contribution in [0.2, 0.25) is 0 Å². The molecule has 15 heavy (non-hydrogen) atoms. The maximum atomic E-state index is 12.0. The first kappa shape index (κ1) is 10.5. The maximum absolute atomic E-state index is 12.0. The van der Waals surface area contributed by atoms with Crippen molar-refractivity contribution in [2.24, 2.45) is 17.8 Å². The lowest BCUT2D eigenvalue weighted by atomic mass is 10.0. The normalized spacial score (nSPS) is 32.7. The van der Waals surface area contributed by atoms with Gasteiger partial charge < -0.3 is 4.90 Å². The highest BCUT2D eigenvalue weighted by atomic mass is 16.2. The third kappa shape index (κ3) is 1.99. The van der Waals surface area contributed by atoms with Crippen LogP contribution in [0, 0.1) is 29.1 Å². The van der Waals surface area contributed by atoms with Gasteiger partial charge in [0, 0.05) is 19.5 Å². The molecule has 1 amide bonds. The summed E-state index contributed by atoms with van der Waals surface area (Å²) in [6.45, 7) is 0.589. The van der Waals surface area contributed by atoms with Gasteiger partial charge in [-0.2, -0.15) is 5.26 Å². The molecule has 2 fully saturated rings. The molecular weight excluding hydrogens is 188 g/mol. The van der Waals surface area contributed by atoms with E-state index < -0.39 is 0 Å². The molecule has 2 aliphatic carbocycles. The molecule has 2 saturated carbocycles. The number of hydrogen-bond donors (Lipinski definition) is 0. The second-order valence-electron chi connectivity index (χ2n) is 4.81. The van der Waals surface area contributed by atoms with Crippen LogP contribution in [0.15, 0.2) is 0 Å². The van der Waals surface area contributed by atoms with Gasteiger partial charge in [0.25, 0.3) is 0 Å². The van der Waals surface area contributed by atoms with Crippen LogP contribution in [0.5, 0.6) is 0 Å². The van der Waals surface area contributed by atoms with E-state index in [2.05, 4.69) is 6.07 Å². The third-order valence-corrected chi connectivity index (χ3v) is 3.88. The Bertz CT molecular complexity index is 282. The minimum atomic E-state index is 0.280. The van der Waals surface area contributed by atoms with Gasteiger partial charge in [-0.15, -0.1) is 0 Å². The molecule has 2 aliphatic rings. The Morgan fingerprint density at radius 1 is 1.40 bits per heavy atom. The van der Waals surface area contributed by atoms with Crippen molar-refractivity contribution in [1.82, 2.24) is 4.90 Å². The molecule has 2 unspecified atom stereocenters. The van der Waals surface area contributed by atoms with E-state index in [9.17, 15) is 4.79 Å². The molecule has 0 saturated heterocycles. The molecule has 82 valence electrons. The highest BCUT2D eigenvalue weighted by Gasteiger charge is 2.55. The second-order valence-corrected chi connectivity index (χ2v) is 4.81. The Labute approximate surface area is 91.1 Å². The van der Waals surface area contributed by atoms with Crippen molar-refractivity contribution in [1.29, 1.82) is 5.26 Å². The lowest BCUT2D eigenvalue weighted by Crippen LogP contribution is -2.29. The van der Waals surface area contributed by atoms with Gasteiger partial charge in [-0.25, -0.2) is 0 Å². The van der Waals surface area contributed by atoms with E-state index in [1.807, 2.05) is 7.05 Å². The first-order valence-corrected chi connectivity index (χ1v) is 5.87. The minimum Gasteiger partial charge on any atom is -0.344 e. The summed E-state index contributed by atoms with van der Waals surface area (Å²) < 4.78 is 0. The third-order valence-electron chi connectivity index (χ3n) is 3.88. The van der Waals surface area contributed by atoms with Gasteiger partial charge in [0.15, 0.2) is 0 Å². The van der Waals surface area contributed by atoms with Gasteiger partial charge in [-0.3, -0.25) is 4.79 Å². The number of carbonyl (C=O) groups is 1. The molecule has 0 bridgehead atoms. The van der Waals surface area contributed by atoms with E-state index in [1.165, 1.54) is 25.7 Å². The Morgan fingerprint density at radius 2 is 2.00 bits per heavy atom. The predicted molar refractivity (Wildman–Crippen MR) is 56.8 cm³/mol. The van der Waals surface area contributed by atoms with Crippen LogP contribution >= 0.6 is 0 Å². The zero-order valence-electron chi connectivity index (χ0n) is 9.28. The molecule has 3 heteroatoms. The summed E-state index contributed by atoms with van der Waals surface area (Å²) in [7, 11) is 1.82. The fraction of sp³-hybridized carbons (Fsp3) is 0.833. The van der Waals surface area contributed by atoms with Crippen molar-refractivity contribution in [3.8, 4) is 6.07 Å². The van der Waals surface area contributed by atoms with Crippen LogP contribution < -0.4 is 0 Å². The molecule has 2 rings (SSSR count). The Kier molecular flexibility index (Phi) is 2.95. The second kappa shape index (κ2) is 4.22. The monoisotopic (exact) mass is 206 g/mol. The van der Waals surface area contributed by atoms with Crippen LogP contribution in [0.1, 0.15) is 32.1 Å². The van der Waals surface area contributed by atoms with E-state index in [4.69, 9.17) is 5.26 Å². The Morgan fingerprint density at radius 3 is 2.53 bits per heavy atom. The number of nitrogens with zero attached hydrogens (tertiary/aromatic N) is 2. The number of fused-ring (bicyclic) bond motifs is 1. The molecule has 0 radical (unpaired) electrons. The van der Waals surface area contributed by atoms with Crippen molar-refractivity contribution in [3.63, 3.8) is 0 Å². The number of amides is 1. The lowest BCUT2D eigenvalue weighted by molar-refractivity contribution is -0.131. The van der Waals surface area contributed by atoms with Gasteiger partial charge in [0.1, 0.15) is 0 Å². The number of carbonyl (C=O) groups excluding carboxylic acids is 1. The average molecular weight is 206 g/mol. The van der Waals surface area contributed by atoms with Crippen molar-refractivity contribution in [3.05, 3.63) is 0 Å². The average Bonchev–Trinajstić information content (AvgIpc) is 2.99. The molecule has 0 spiro atoms. The quantitative estimate of drug-likeness (QED) is 0.706. The molecule has 0 aliphatic heterocycles. The molecular formula is C12H18N2O. The highest BCUT2D eigenvalue weighted by Crippen LogP contribution is 2.55. The summed E-state index contributed by atoms with van der Waals surface area (Å²) in [5.41, 5.74) is 0. The first-order chi connectivity index (χ1) is 7.25. The fourth-order valence-electron chi connectivity index (χ4n) is 2.94. The topological polar surface area (TPSA) is 44.1 Å². The maximum Gasteiger partial charge on any atom is 0.226 e. The van der Waals surface area contributed by atoms with E-state index in [0.717, 1.165) is 0 Å². The summed E-state index contributed by atoms with van der Waals surface area (Å²) in [6, 6.07) is 2.08. The molecule has 3 nitrogen and oxygen atoms in total. The lowest BCUT2D eigenvalue weighted by Gasteiger charge is -2.15. The van der Waals surface area contributed by atoms with E-state index in [-0.39, 0.29) is 5.91 Å². The van der Waals surface area contributed by atoms with Crippen LogP contribution in [-0.4, -0.2) is 24.4 Å². The van der Waals surface area contributed by atoms with E-state index in [1.54, 1.807) is 4.90 Å². The van der Waals surface area contributed by atoms with Crippen LogP contribution in [0.3, 0.4) is 0 Å². The van der Waals surface area contributed by atoms with Gasteiger partial charge in [0.2, 0.25) is 5.91 Å². The standard InChI is InChI=1S/C12H18N2O/c1-14(8-4-7-13)12(15)11-9-5-2-3-6-10(9)11/h9-11H,2-6,8H2,1H3. The zero-order valence-corrected chi connectivity index (χ0v) is 9.28. The summed E-state index contributed by atoms with van der Waals surface area (Å²) in [6.07, 6.45) is 5.53. The van der Waals surface area contributed by atoms with E-state index >= 15 is 0 Å². The van der Waals surface area contributed by atoms with Gasteiger partial charge in [0.05, 0.1) is 12.5 Å². The molecule has 0 heterocycles. The number of rotatable bonds is 3. The Hall–Kier alpha value is -1.04. The predicted octanol–water partition coefficient (Wildman–Crippen LogP) is 1.79. The molecule has 0 aromatic carbocycles. The summed E-state index contributed by atoms with van der Waals surface area (Å²) in [5, 5.41) is 8.47. The van der Waals surface area contributed by atoms with Crippen molar-refractivity contribution in [2.75, 3.05) is 13.6 Å². The number of hydrogen-bond acceptors (Lipinski definition) is 2. The first-order valence-electron chi connectivity index (χ1n) is 5.87. The van der Waals surface area contributed by atoms with Crippen LogP contribution in [0.4, 0.5) is 0 Å². The van der Waals surface area contributed by atoms with Gasteiger partial charge in [-0.1, -0.05) is 12.8 Å². The Balaban J connectivity index is 1.84. The fourth-order valence-corrected chi connectivity index (χ4v) is 2.94. The van der Waals surface area contributed by atoms with Gasteiger partial charge >= 0.3 is 0 Å². The molecule has 2 atom stereocenters. The number of nitriles is 1. The highest BCUT2D eigenvalue weighted by molar-refractivity contribution is 5.82.